The van der Waals surface area contributed by atoms with Crippen molar-refractivity contribution in [1.29, 1.82) is 0 Å². The lowest BCUT2D eigenvalue weighted by atomic mass is 9.79. The molecule has 4 N–H and O–H groups in total. The predicted octanol–water partition coefficient (Wildman–Crippen LogP) is 3.38. The molecule has 0 aromatic heterocycles. The summed E-state index contributed by atoms with van der Waals surface area (Å²) < 4.78 is 26.7. The molecular formula is C22H41IN4O3S. The zero-order valence-corrected chi connectivity index (χ0v) is 22.7. The minimum absolute atomic E-state index is 0. The van der Waals surface area contributed by atoms with Crippen LogP contribution in [0, 0.1) is 5.41 Å². The van der Waals surface area contributed by atoms with Gasteiger partial charge in [0.1, 0.15) is 0 Å². The number of halogens is 1. The van der Waals surface area contributed by atoms with E-state index in [-0.39, 0.29) is 47.8 Å². The second-order valence-corrected chi connectivity index (χ2v) is 9.83. The minimum atomic E-state index is -3.33. The summed E-state index contributed by atoms with van der Waals surface area (Å²) in [6, 6.07) is 7.40. The highest BCUT2D eigenvalue weighted by Gasteiger charge is 2.25. The number of benzene rings is 1. The summed E-state index contributed by atoms with van der Waals surface area (Å²) in [6.45, 7) is 12.2. The first-order valence-corrected chi connectivity index (χ1v) is 12.5. The number of hydrogen-bond acceptors (Lipinski definition) is 4. The molecule has 0 spiro atoms. The zero-order chi connectivity index (χ0) is 22.6. The van der Waals surface area contributed by atoms with Crippen LogP contribution in [0.15, 0.2) is 29.3 Å². The largest absolute Gasteiger partial charge is 0.396 e. The lowest BCUT2D eigenvalue weighted by molar-refractivity contribution is 0.169. The third-order valence-corrected chi connectivity index (χ3v) is 6.88. The number of aliphatic hydroxyl groups is 1. The van der Waals surface area contributed by atoms with Crippen LogP contribution in [0.2, 0.25) is 0 Å². The van der Waals surface area contributed by atoms with Gasteiger partial charge >= 0.3 is 0 Å². The van der Waals surface area contributed by atoms with Crippen molar-refractivity contribution in [3.63, 3.8) is 0 Å². The Kier molecular flexibility index (Phi) is 14.6. The molecule has 0 aliphatic carbocycles. The average Bonchev–Trinajstić information content (AvgIpc) is 2.69. The average molecular weight is 569 g/mol. The molecule has 180 valence electrons. The maximum atomic E-state index is 12.1. The van der Waals surface area contributed by atoms with Crippen LogP contribution in [0.25, 0.3) is 0 Å². The Labute approximate surface area is 206 Å². The van der Waals surface area contributed by atoms with Crippen LogP contribution in [0.1, 0.15) is 65.0 Å². The molecule has 0 heterocycles. The lowest BCUT2D eigenvalue weighted by Gasteiger charge is -2.32. The molecule has 1 aromatic rings. The fourth-order valence-electron chi connectivity index (χ4n) is 3.32. The fraction of sp³-hybridized carbons (Fsp3) is 0.682. The molecule has 0 saturated carbocycles. The van der Waals surface area contributed by atoms with Gasteiger partial charge in [0, 0.05) is 25.7 Å². The second kappa shape index (κ2) is 15.0. The Hall–Kier alpha value is -0.910. The van der Waals surface area contributed by atoms with E-state index in [9.17, 15) is 13.5 Å². The van der Waals surface area contributed by atoms with Gasteiger partial charge in [-0.15, -0.1) is 24.0 Å². The summed E-state index contributed by atoms with van der Waals surface area (Å²) in [5.41, 5.74) is 1.82. The number of rotatable bonds is 13. The van der Waals surface area contributed by atoms with Gasteiger partial charge in [-0.05, 0) is 56.6 Å². The van der Waals surface area contributed by atoms with Crippen molar-refractivity contribution >= 4 is 40.0 Å². The van der Waals surface area contributed by atoms with Crippen molar-refractivity contribution in [2.24, 2.45) is 10.4 Å². The molecule has 31 heavy (non-hydrogen) atoms. The maximum Gasteiger partial charge on any atom is 0.216 e. The van der Waals surface area contributed by atoms with Crippen LogP contribution in [0.3, 0.4) is 0 Å². The number of aliphatic hydroxyl groups excluding tert-OH is 1. The van der Waals surface area contributed by atoms with Crippen molar-refractivity contribution in [2.45, 2.75) is 72.2 Å². The number of sulfonamides is 1. The molecule has 0 radical (unpaired) electrons. The number of aliphatic imine (C=N–C) groups is 1. The molecule has 0 bridgehead atoms. The minimum Gasteiger partial charge on any atom is -0.396 e. The third kappa shape index (κ3) is 11.5. The smallest absolute Gasteiger partial charge is 0.216 e. The lowest BCUT2D eigenvalue weighted by Crippen LogP contribution is -2.43. The summed E-state index contributed by atoms with van der Waals surface area (Å²) in [7, 11) is -3.33. The van der Waals surface area contributed by atoms with Crippen LogP contribution >= 0.6 is 24.0 Å². The Morgan fingerprint density at radius 3 is 2.13 bits per heavy atom. The molecule has 0 aliphatic rings. The zero-order valence-electron chi connectivity index (χ0n) is 19.6. The summed E-state index contributed by atoms with van der Waals surface area (Å²) in [5, 5.41) is 16.1. The molecule has 0 unspecified atom stereocenters. The van der Waals surface area contributed by atoms with Gasteiger partial charge in [0.15, 0.2) is 5.96 Å². The third-order valence-electron chi connectivity index (χ3n) is 5.33. The standard InChI is InChI=1S/C22H40N4O3S.HI/c1-6-22(7-2,13-14-27)17-25-21(23-8-3)24-15-19-9-11-20(12-10-19)16-30(28,29)26-18(4)5;/h9-12,18,26-27H,6-8,13-17H2,1-5H3,(H2,23,24,25);1H. The number of nitrogens with zero attached hydrogens (tertiary/aromatic N) is 1. The van der Waals surface area contributed by atoms with Crippen molar-refractivity contribution in [1.82, 2.24) is 15.4 Å². The molecule has 0 amide bonds. The first-order valence-electron chi connectivity index (χ1n) is 10.9. The van der Waals surface area contributed by atoms with E-state index < -0.39 is 10.0 Å². The molecule has 0 atom stereocenters. The van der Waals surface area contributed by atoms with Crippen LogP contribution in [-0.2, 0) is 22.3 Å². The number of guanidine groups is 1. The SMILES string of the molecule is CCNC(=NCc1ccc(CS(=O)(=O)NC(C)C)cc1)NCC(CC)(CC)CCO.I. The quantitative estimate of drug-likeness (QED) is 0.166. The molecule has 9 heteroatoms. The summed E-state index contributed by atoms with van der Waals surface area (Å²) in [5.74, 6) is 0.717. The van der Waals surface area contributed by atoms with Gasteiger partial charge in [0.05, 0.1) is 12.3 Å². The Bertz CT molecular complexity index is 749. The van der Waals surface area contributed by atoms with Gasteiger partial charge < -0.3 is 15.7 Å². The van der Waals surface area contributed by atoms with E-state index in [4.69, 9.17) is 0 Å². The molecule has 1 rings (SSSR count). The van der Waals surface area contributed by atoms with Crippen LogP contribution in [0.5, 0.6) is 0 Å². The number of nitrogens with one attached hydrogen (secondary N) is 3. The van der Waals surface area contributed by atoms with Gasteiger partial charge in [0.2, 0.25) is 10.0 Å². The summed E-state index contributed by atoms with van der Waals surface area (Å²) in [6.07, 6.45) is 2.75. The summed E-state index contributed by atoms with van der Waals surface area (Å²) in [4.78, 5) is 4.66. The highest BCUT2D eigenvalue weighted by molar-refractivity contribution is 14.0. The van der Waals surface area contributed by atoms with Crippen LogP contribution < -0.4 is 15.4 Å². The normalized spacial score (nSPS) is 12.5. The number of hydrogen-bond donors (Lipinski definition) is 4. The van der Waals surface area contributed by atoms with E-state index in [1.54, 1.807) is 0 Å². The van der Waals surface area contributed by atoms with Gasteiger partial charge in [-0.2, -0.15) is 0 Å². The van der Waals surface area contributed by atoms with E-state index in [0.717, 1.165) is 49.4 Å². The second-order valence-electron chi connectivity index (χ2n) is 8.08. The predicted molar refractivity (Wildman–Crippen MR) is 140 cm³/mol. The molecule has 7 nitrogen and oxygen atoms in total. The Morgan fingerprint density at radius 1 is 1.06 bits per heavy atom. The fourth-order valence-corrected chi connectivity index (χ4v) is 4.76. The highest BCUT2D eigenvalue weighted by atomic mass is 127. The summed E-state index contributed by atoms with van der Waals surface area (Å²) >= 11 is 0. The van der Waals surface area contributed by atoms with Crippen LogP contribution in [0.4, 0.5) is 0 Å². The van der Waals surface area contributed by atoms with E-state index in [1.807, 2.05) is 45.0 Å². The van der Waals surface area contributed by atoms with E-state index in [2.05, 4.69) is 34.2 Å². The van der Waals surface area contributed by atoms with Gasteiger partial charge in [-0.1, -0.05) is 38.1 Å². The first kappa shape index (κ1) is 30.1. The van der Waals surface area contributed by atoms with Crippen molar-refractivity contribution in [3.05, 3.63) is 35.4 Å². The van der Waals surface area contributed by atoms with Crippen LogP contribution in [-0.4, -0.2) is 45.2 Å². The van der Waals surface area contributed by atoms with Gasteiger partial charge in [-0.3, -0.25) is 0 Å². The van der Waals surface area contributed by atoms with Gasteiger partial charge in [0.25, 0.3) is 0 Å². The molecule has 0 fully saturated rings. The molecule has 0 saturated heterocycles. The van der Waals surface area contributed by atoms with Gasteiger partial charge in [-0.25, -0.2) is 18.1 Å². The Morgan fingerprint density at radius 2 is 1.65 bits per heavy atom. The molecular weight excluding hydrogens is 527 g/mol. The van der Waals surface area contributed by atoms with Crippen molar-refractivity contribution in [2.75, 3.05) is 19.7 Å². The molecule has 0 aliphatic heterocycles. The monoisotopic (exact) mass is 568 g/mol. The molecule has 1 aromatic carbocycles. The van der Waals surface area contributed by atoms with E-state index >= 15 is 0 Å². The van der Waals surface area contributed by atoms with E-state index in [0.29, 0.717) is 6.54 Å². The van der Waals surface area contributed by atoms with Crippen molar-refractivity contribution in [3.8, 4) is 0 Å². The first-order chi connectivity index (χ1) is 14.2. The maximum absolute atomic E-state index is 12.1. The topological polar surface area (TPSA) is 103 Å². The highest BCUT2D eigenvalue weighted by Crippen LogP contribution is 2.29. The van der Waals surface area contributed by atoms with Crippen molar-refractivity contribution < 1.29 is 13.5 Å². The van der Waals surface area contributed by atoms with E-state index in [1.165, 1.54) is 0 Å². The Balaban J connectivity index is 0.00000900.